The van der Waals surface area contributed by atoms with Crippen LogP contribution in [0, 0.1) is 5.82 Å². The van der Waals surface area contributed by atoms with Crippen LogP contribution >= 0.6 is 0 Å². The number of amides is 2. The highest BCUT2D eigenvalue weighted by atomic mass is 19.1. The number of piperazine rings is 1. The van der Waals surface area contributed by atoms with Gasteiger partial charge < -0.3 is 9.80 Å². The molecule has 3 aromatic rings. The van der Waals surface area contributed by atoms with Gasteiger partial charge in [-0.25, -0.2) is 9.07 Å². The van der Waals surface area contributed by atoms with Crippen molar-refractivity contribution in [1.82, 2.24) is 14.7 Å². The molecule has 32 heavy (non-hydrogen) atoms. The van der Waals surface area contributed by atoms with Crippen LogP contribution in [0.4, 0.5) is 15.9 Å². The quantitative estimate of drug-likeness (QED) is 0.635. The summed E-state index contributed by atoms with van der Waals surface area (Å²) >= 11 is 0. The summed E-state index contributed by atoms with van der Waals surface area (Å²) in [4.78, 5) is 31.1. The lowest BCUT2D eigenvalue weighted by Crippen LogP contribution is -2.48. The molecule has 1 saturated heterocycles. The lowest BCUT2D eigenvalue weighted by Gasteiger charge is -2.36. The van der Waals surface area contributed by atoms with Crippen LogP contribution in [0.2, 0.25) is 0 Å². The van der Waals surface area contributed by atoms with E-state index in [1.54, 1.807) is 23.2 Å². The van der Waals surface area contributed by atoms with Crippen LogP contribution in [0.15, 0.2) is 60.8 Å². The van der Waals surface area contributed by atoms with Crippen molar-refractivity contribution < 1.29 is 14.0 Å². The highest BCUT2D eigenvalue weighted by Gasteiger charge is 2.25. The van der Waals surface area contributed by atoms with E-state index in [-0.39, 0.29) is 17.6 Å². The van der Waals surface area contributed by atoms with Gasteiger partial charge in [0.25, 0.3) is 5.91 Å². The van der Waals surface area contributed by atoms with Gasteiger partial charge in [-0.05, 0) is 42.0 Å². The van der Waals surface area contributed by atoms with Crippen LogP contribution in [0.5, 0.6) is 0 Å². The van der Waals surface area contributed by atoms with Gasteiger partial charge in [-0.1, -0.05) is 12.1 Å². The molecule has 0 spiro atoms. The van der Waals surface area contributed by atoms with Gasteiger partial charge in [-0.2, -0.15) is 5.10 Å². The number of carbonyl (C=O) groups excluding carboxylic acids is 2. The maximum atomic E-state index is 13.1. The fraction of sp³-hybridized carbons (Fsp3) is 0.292. The first-order chi connectivity index (χ1) is 15.6. The number of aromatic nitrogens is 2. The van der Waals surface area contributed by atoms with Crippen molar-refractivity contribution in [2.75, 3.05) is 36.0 Å². The second kappa shape index (κ2) is 8.45. The molecule has 0 atom stereocenters. The van der Waals surface area contributed by atoms with Crippen molar-refractivity contribution in [3.8, 4) is 0 Å². The van der Waals surface area contributed by atoms with Gasteiger partial charge in [0, 0.05) is 49.9 Å². The monoisotopic (exact) mass is 433 g/mol. The molecule has 2 aliphatic heterocycles. The number of halogens is 1. The SMILES string of the molecule is O=C(c1ccc(CN2C(=O)CCn3nccc32)cc1)N1CCN(c2ccc(F)cc2)CC1. The van der Waals surface area contributed by atoms with Gasteiger partial charge in [-0.15, -0.1) is 0 Å². The molecule has 2 aliphatic rings. The van der Waals surface area contributed by atoms with E-state index >= 15 is 0 Å². The molecule has 2 aromatic carbocycles. The van der Waals surface area contributed by atoms with Gasteiger partial charge in [0.1, 0.15) is 11.6 Å². The first-order valence-corrected chi connectivity index (χ1v) is 10.8. The molecule has 0 radical (unpaired) electrons. The minimum absolute atomic E-state index is 0.00225. The average molecular weight is 433 g/mol. The molecule has 164 valence electrons. The Kier molecular flexibility index (Phi) is 5.34. The molecule has 0 saturated carbocycles. The van der Waals surface area contributed by atoms with Crippen molar-refractivity contribution in [2.45, 2.75) is 19.5 Å². The largest absolute Gasteiger partial charge is 0.368 e. The summed E-state index contributed by atoms with van der Waals surface area (Å²) in [6.45, 7) is 3.71. The Hall–Kier alpha value is -3.68. The van der Waals surface area contributed by atoms with Crippen molar-refractivity contribution in [3.05, 3.63) is 77.7 Å². The summed E-state index contributed by atoms with van der Waals surface area (Å²) in [5.74, 6) is 0.640. The third kappa shape index (κ3) is 3.95. The highest BCUT2D eigenvalue weighted by molar-refractivity contribution is 5.95. The lowest BCUT2D eigenvalue weighted by molar-refractivity contribution is -0.119. The van der Waals surface area contributed by atoms with Crippen molar-refractivity contribution in [3.63, 3.8) is 0 Å². The molecule has 2 amide bonds. The predicted molar refractivity (Wildman–Crippen MR) is 119 cm³/mol. The number of rotatable bonds is 4. The smallest absolute Gasteiger partial charge is 0.253 e. The van der Waals surface area contributed by atoms with Crippen molar-refractivity contribution in [2.24, 2.45) is 0 Å². The average Bonchev–Trinajstić information content (AvgIpc) is 3.31. The van der Waals surface area contributed by atoms with Crippen LogP contribution in [0.1, 0.15) is 22.3 Å². The summed E-state index contributed by atoms with van der Waals surface area (Å²) in [6, 6.07) is 15.8. The van der Waals surface area contributed by atoms with E-state index in [0.717, 1.165) is 17.1 Å². The molecular weight excluding hydrogens is 409 g/mol. The van der Waals surface area contributed by atoms with Crippen LogP contribution in [0.25, 0.3) is 0 Å². The molecular formula is C24H24FN5O2. The van der Waals surface area contributed by atoms with Crippen LogP contribution < -0.4 is 9.80 Å². The molecule has 8 heteroatoms. The number of hydrogen-bond acceptors (Lipinski definition) is 4. The molecule has 1 aromatic heterocycles. The van der Waals surface area contributed by atoms with Gasteiger partial charge in [0.15, 0.2) is 0 Å². The molecule has 3 heterocycles. The number of carbonyl (C=O) groups is 2. The van der Waals surface area contributed by atoms with E-state index in [2.05, 4.69) is 10.00 Å². The Bertz CT molecular complexity index is 1120. The first kappa shape index (κ1) is 20.2. The molecule has 5 rings (SSSR count). The highest BCUT2D eigenvalue weighted by Crippen LogP contribution is 2.23. The fourth-order valence-corrected chi connectivity index (χ4v) is 4.30. The van der Waals surface area contributed by atoms with Crippen LogP contribution in [-0.2, 0) is 17.9 Å². The Balaban J connectivity index is 1.21. The minimum atomic E-state index is -0.249. The number of benzene rings is 2. The zero-order valence-electron chi connectivity index (χ0n) is 17.7. The minimum Gasteiger partial charge on any atom is -0.368 e. The van der Waals surface area contributed by atoms with E-state index in [4.69, 9.17) is 0 Å². The van der Waals surface area contributed by atoms with Gasteiger partial charge in [-0.3, -0.25) is 14.5 Å². The van der Waals surface area contributed by atoms with Crippen LogP contribution in [-0.4, -0.2) is 52.7 Å². The fourth-order valence-electron chi connectivity index (χ4n) is 4.30. The Morgan fingerprint density at radius 3 is 2.34 bits per heavy atom. The van der Waals surface area contributed by atoms with E-state index in [0.29, 0.717) is 51.3 Å². The Morgan fingerprint density at radius 1 is 0.906 bits per heavy atom. The molecule has 7 nitrogen and oxygen atoms in total. The predicted octanol–water partition coefficient (Wildman–Crippen LogP) is 2.92. The van der Waals surface area contributed by atoms with Gasteiger partial charge in [0.05, 0.1) is 19.3 Å². The maximum absolute atomic E-state index is 13.1. The topological polar surface area (TPSA) is 61.7 Å². The molecule has 0 N–H and O–H groups in total. The second-order valence-electron chi connectivity index (χ2n) is 8.10. The third-order valence-electron chi connectivity index (χ3n) is 6.11. The van der Waals surface area contributed by atoms with E-state index in [1.165, 1.54) is 12.1 Å². The van der Waals surface area contributed by atoms with E-state index in [9.17, 15) is 14.0 Å². The van der Waals surface area contributed by atoms with E-state index in [1.807, 2.05) is 39.9 Å². The number of nitrogens with zero attached hydrogens (tertiary/aromatic N) is 5. The van der Waals surface area contributed by atoms with Crippen molar-refractivity contribution >= 4 is 23.3 Å². The molecule has 0 unspecified atom stereocenters. The Morgan fingerprint density at radius 2 is 1.62 bits per heavy atom. The molecule has 1 fully saturated rings. The van der Waals surface area contributed by atoms with Gasteiger partial charge in [0.2, 0.25) is 5.91 Å². The molecule has 0 bridgehead atoms. The zero-order chi connectivity index (χ0) is 22.1. The number of hydrogen-bond donors (Lipinski definition) is 0. The normalized spacial score (nSPS) is 16.3. The summed E-state index contributed by atoms with van der Waals surface area (Å²) < 4.78 is 15.0. The standard InChI is InChI=1S/C24H24FN5O2/c25-20-5-7-21(8-6-20)27-13-15-28(16-14-27)24(32)19-3-1-18(2-4-19)17-29-22-9-11-26-30(22)12-10-23(29)31/h1-9,11H,10,12-17H2. The second-order valence-corrected chi connectivity index (χ2v) is 8.10. The summed E-state index contributed by atoms with van der Waals surface area (Å²) in [5.41, 5.74) is 2.57. The maximum Gasteiger partial charge on any atom is 0.253 e. The van der Waals surface area contributed by atoms with E-state index < -0.39 is 0 Å². The Labute approximate surface area is 185 Å². The zero-order valence-corrected chi connectivity index (χ0v) is 17.7. The van der Waals surface area contributed by atoms with Crippen LogP contribution in [0.3, 0.4) is 0 Å². The summed E-state index contributed by atoms with van der Waals surface area (Å²) in [5, 5.41) is 4.25. The number of anilines is 2. The van der Waals surface area contributed by atoms with Crippen molar-refractivity contribution in [1.29, 1.82) is 0 Å². The third-order valence-corrected chi connectivity index (χ3v) is 6.11. The summed E-state index contributed by atoms with van der Waals surface area (Å²) in [7, 11) is 0. The number of fused-ring (bicyclic) bond motifs is 1. The molecule has 0 aliphatic carbocycles. The lowest BCUT2D eigenvalue weighted by atomic mass is 10.1. The summed E-state index contributed by atoms with van der Waals surface area (Å²) in [6.07, 6.45) is 2.15. The van der Waals surface area contributed by atoms with Gasteiger partial charge >= 0.3 is 0 Å². The first-order valence-electron chi connectivity index (χ1n) is 10.8. The number of aryl methyl sites for hydroxylation is 1.